The summed E-state index contributed by atoms with van der Waals surface area (Å²) in [6.45, 7) is 9.08. The maximum atomic E-state index is 13.7. The first kappa shape index (κ1) is 27.4. The summed E-state index contributed by atoms with van der Waals surface area (Å²) in [6, 6.07) is 16.6. The molecular formula is C29H36N2O4S2. The molecule has 1 aliphatic rings. The maximum absolute atomic E-state index is 13.7. The third-order valence-corrected chi connectivity index (χ3v) is 9.67. The van der Waals surface area contributed by atoms with Gasteiger partial charge in [0.15, 0.2) is 0 Å². The van der Waals surface area contributed by atoms with E-state index >= 15 is 0 Å². The molecule has 6 nitrogen and oxygen atoms in total. The van der Waals surface area contributed by atoms with E-state index in [1.54, 1.807) is 40.5 Å². The van der Waals surface area contributed by atoms with Crippen molar-refractivity contribution in [2.45, 2.75) is 57.4 Å². The number of hydrogen-bond donors (Lipinski definition) is 0. The second-order valence-electron chi connectivity index (χ2n) is 9.84. The van der Waals surface area contributed by atoms with Gasteiger partial charge in [0.1, 0.15) is 12.4 Å². The first-order valence-corrected chi connectivity index (χ1v) is 15.2. The Hall–Kier alpha value is -2.68. The van der Waals surface area contributed by atoms with Gasteiger partial charge in [0.25, 0.3) is 0 Å². The lowest BCUT2D eigenvalue weighted by molar-refractivity contribution is -0.135. The topological polar surface area (TPSA) is 66.9 Å². The number of rotatable bonds is 10. The van der Waals surface area contributed by atoms with Crippen LogP contribution in [0.15, 0.2) is 64.9 Å². The molecule has 2 aromatic carbocycles. The highest BCUT2D eigenvalue weighted by molar-refractivity contribution is 7.89. The Balaban J connectivity index is 1.53. The Labute approximate surface area is 224 Å². The minimum atomic E-state index is -3.79. The van der Waals surface area contributed by atoms with Gasteiger partial charge < -0.3 is 9.64 Å². The number of ether oxygens (including phenoxy) is 1. The van der Waals surface area contributed by atoms with E-state index in [9.17, 15) is 13.2 Å². The van der Waals surface area contributed by atoms with Crippen LogP contribution >= 0.6 is 11.3 Å². The number of carbonyl (C=O) groups excluding carboxylic acids is 1. The minimum Gasteiger partial charge on any atom is -0.491 e. The van der Waals surface area contributed by atoms with Gasteiger partial charge in [-0.25, -0.2) is 8.42 Å². The molecule has 198 valence electrons. The third-order valence-electron chi connectivity index (χ3n) is 6.81. The Morgan fingerprint density at radius 2 is 1.81 bits per heavy atom. The van der Waals surface area contributed by atoms with Gasteiger partial charge in [0.2, 0.25) is 15.9 Å². The summed E-state index contributed by atoms with van der Waals surface area (Å²) < 4.78 is 34.3. The first-order valence-electron chi connectivity index (χ1n) is 12.9. The van der Waals surface area contributed by atoms with E-state index in [4.69, 9.17) is 4.74 Å². The average Bonchev–Trinajstić information content (AvgIpc) is 3.36. The zero-order valence-corrected chi connectivity index (χ0v) is 23.6. The number of amides is 1. The van der Waals surface area contributed by atoms with E-state index < -0.39 is 10.0 Å². The van der Waals surface area contributed by atoms with E-state index in [1.807, 2.05) is 31.4 Å². The predicted octanol–water partition coefficient (Wildman–Crippen LogP) is 5.79. The minimum absolute atomic E-state index is 0.191. The summed E-state index contributed by atoms with van der Waals surface area (Å²) in [4.78, 5) is 16.9. The number of hydrogen-bond acceptors (Lipinski definition) is 5. The molecule has 1 atom stereocenters. The second-order valence-corrected chi connectivity index (χ2v) is 12.8. The molecule has 0 N–H and O–H groups in total. The standard InChI is InChI=1S/C29H36N2O4S2/c1-5-16-30(37(33,34)25-12-6-22(4)7-13-25)19-29(32)31-17-14-28-26(15-18-36-28)27(31)20-35-24-10-8-23(9-11-24)21(2)3/h6-13,15,18,21,27H,5,14,16-17,19-20H2,1-4H3/t27-/m0/s1. The fourth-order valence-corrected chi connectivity index (χ4v) is 7.04. The summed E-state index contributed by atoms with van der Waals surface area (Å²) in [5.41, 5.74) is 3.32. The SMILES string of the molecule is CCCN(CC(=O)N1CCc2sccc2[C@@H]1COc1ccc(C(C)C)cc1)S(=O)(=O)c1ccc(C)cc1. The lowest BCUT2D eigenvalue weighted by Gasteiger charge is -2.37. The van der Waals surface area contributed by atoms with Crippen molar-refractivity contribution in [2.75, 3.05) is 26.2 Å². The molecule has 37 heavy (non-hydrogen) atoms. The number of thiophene rings is 1. The molecule has 0 radical (unpaired) electrons. The molecule has 3 aromatic rings. The van der Waals surface area contributed by atoms with Gasteiger partial charge in [-0.3, -0.25) is 4.79 Å². The Kier molecular flexibility index (Phi) is 8.72. The number of nitrogens with zero attached hydrogens (tertiary/aromatic N) is 2. The molecule has 0 saturated carbocycles. The van der Waals surface area contributed by atoms with E-state index in [1.165, 1.54) is 14.7 Å². The van der Waals surface area contributed by atoms with Crippen LogP contribution < -0.4 is 4.74 Å². The zero-order valence-electron chi connectivity index (χ0n) is 22.0. The molecule has 0 aliphatic carbocycles. The highest BCUT2D eigenvalue weighted by Crippen LogP contribution is 2.34. The first-order chi connectivity index (χ1) is 17.7. The molecule has 1 aliphatic heterocycles. The van der Waals surface area contributed by atoms with Crippen LogP contribution in [0.1, 0.15) is 60.7 Å². The third kappa shape index (κ3) is 6.25. The van der Waals surface area contributed by atoms with Crippen LogP contribution in [0.2, 0.25) is 0 Å². The van der Waals surface area contributed by atoms with Crippen molar-refractivity contribution >= 4 is 27.3 Å². The average molecular weight is 541 g/mol. The Bertz CT molecular complexity index is 1300. The van der Waals surface area contributed by atoms with Gasteiger partial charge >= 0.3 is 0 Å². The number of carbonyl (C=O) groups is 1. The van der Waals surface area contributed by atoms with Crippen LogP contribution in [0.5, 0.6) is 5.75 Å². The van der Waals surface area contributed by atoms with Gasteiger partial charge in [-0.15, -0.1) is 11.3 Å². The van der Waals surface area contributed by atoms with Crippen molar-refractivity contribution in [1.29, 1.82) is 0 Å². The Morgan fingerprint density at radius 3 is 2.46 bits per heavy atom. The van der Waals surface area contributed by atoms with Crippen LogP contribution in [0, 0.1) is 6.92 Å². The molecule has 1 amide bonds. The van der Waals surface area contributed by atoms with Gasteiger partial charge in [0, 0.05) is 18.0 Å². The molecule has 4 rings (SSSR count). The van der Waals surface area contributed by atoms with Crippen molar-refractivity contribution in [1.82, 2.24) is 9.21 Å². The molecule has 1 aromatic heterocycles. The summed E-state index contributed by atoms with van der Waals surface area (Å²) in [7, 11) is -3.79. The van der Waals surface area contributed by atoms with Crippen LogP contribution in [-0.2, 0) is 21.2 Å². The van der Waals surface area contributed by atoms with Crippen LogP contribution in [0.4, 0.5) is 0 Å². The summed E-state index contributed by atoms with van der Waals surface area (Å²) in [5, 5.41) is 2.05. The summed E-state index contributed by atoms with van der Waals surface area (Å²) >= 11 is 1.69. The summed E-state index contributed by atoms with van der Waals surface area (Å²) in [5.74, 6) is 0.995. The molecule has 0 spiro atoms. The molecule has 2 heterocycles. The van der Waals surface area contributed by atoms with Crippen molar-refractivity contribution < 1.29 is 17.9 Å². The quantitative estimate of drug-likeness (QED) is 0.327. The number of sulfonamides is 1. The number of benzene rings is 2. The van der Waals surface area contributed by atoms with Crippen LogP contribution in [0.3, 0.4) is 0 Å². The van der Waals surface area contributed by atoms with E-state index in [-0.39, 0.29) is 29.9 Å². The van der Waals surface area contributed by atoms with Crippen LogP contribution in [0.25, 0.3) is 0 Å². The lowest BCUT2D eigenvalue weighted by Crippen LogP contribution is -2.48. The fourth-order valence-electron chi connectivity index (χ4n) is 4.63. The summed E-state index contributed by atoms with van der Waals surface area (Å²) in [6.07, 6.45) is 1.38. The van der Waals surface area contributed by atoms with Crippen molar-refractivity contribution in [2.24, 2.45) is 0 Å². The van der Waals surface area contributed by atoms with Crippen molar-refractivity contribution in [3.05, 3.63) is 81.5 Å². The van der Waals surface area contributed by atoms with Gasteiger partial charge in [-0.2, -0.15) is 4.31 Å². The van der Waals surface area contributed by atoms with E-state index in [2.05, 4.69) is 32.0 Å². The monoisotopic (exact) mass is 540 g/mol. The molecule has 8 heteroatoms. The predicted molar refractivity (Wildman–Crippen MR) is 149 cm³/mol. The smallest absolute Gasteiger partial charge is 0.243 e. The Morgan fingerprint density at radius 1 is 1.11 bits per heavy atom. The maximum Gasteiger partial charge on any atom is 0.243 e. The zero-order chi connectivity index (χ0) is 26.6. The molecule has 0 saturated heterocycles. The van der Waals surface area contributed by atoms with E-state index in [0.717, 1.165) is 23.3 Å². The van der Waals surface area contributed by atoms with Crippen LogP contribution in [-0.4, -0.2) is 49.8 Å². The molecule has 0 fully saturated rings. The highest BCUT2D eigenvalue weighted by Gasteiger charge is 2.35. The fraction of sp³-hybridized carbons (Fsp3) is 0.414. The van der Waals surface area contributed by atoms with Gasteiger partial charge in [-0.1, -0.05) is 50.6 Å². The molecular weight excluding hydrogens is 504 g/mol. The number of aryl methyl sites for hydroxylation is 1. The van der Waals surface area contributed by atoms with Gasteiger partial charge in [0.05, 0.1) is 17.5 Å². The largest absolute Gasteiger partial charge is 0.491 e. The highest BCUT2D eigenvalue weighted by atomic mass is 32.2. The lowest BCUT2D eigenvalue weighted by atomic mass is 10.0. The molecule has 0 bridgehead atoms. The van der Waals surface area contributed by atoms with Crippen molar-refractivity contribution in [3.63, 3.8) is 0 Å². The second kappa shape index (κ2) is 11.8. The number of fused-ring (bicyclic) bond motifs is 1. The van der Waals surface area contributed by atoms with Crippen molar-refractivity contribution in [3.8, 4) is 5.75 Å². The molecule has 0 unspecified atom stereocenters. The van der Waals surface area contributed by atoms with E-state index in [0.29, 0.717) is 25.5 Å². The normalized spacial score (nSPS) is 15.7. The van der Waals surface area contributed by atoms with Gasteiger partial charge in [-0.05, 0) is 72.5 Å².